The molecule has 0 saturated heterocycles. The maximum Gasteiger partial charge on any atom is 0.350 e. The lowest BCUT2D eigenvalue weighted by Gasteiger charge is -2.13. The van der Waals surface area contributed by atoms with Crippen molar-refractivity contribution in [1.29, 1.82) is 0 Å². The molecule has 19 heavy (non-hydrogen) atoms. The van der Waals surface area contributed by atoms with Crippen LogP contribution in [0.2, 0.25) is 0 Å². The Morgan fingerprint density at radius 3 is 2.53 bits per heavy atom. The third kappa shape index (κ3) is 2.54. The predicted molar refractivity (Wildman–Crippen MR) is 78.9 cm³/mol. The molecule has 0 aliphatic rings. The zero-order valence-electron chi connectivity index (χ0n) is 12.1. The Hall–Kier alpha value is -1.30. The summed E-state index contributed by atoms with van der Waals surface area (Å²) in [6, 6.07) is 0. The number of fused-ring (bicyclic) bond motifs is 1. The van der Waals surface area contributed by atoms with E-state index in [0.717, 1.165) is 28.4 Å². The third-order valence-corrected chi connectivity index (χ3v) is 3.62. The van der Waals surface area contributed by atoms with Crippen molar-refractivity contribution in [1.82, 2.24) is 19.5 Å². The van der Waals surface area contributed by atoms with Crippen LogP contribution in [0.25, 0.3) is 11.2 Å². The number of nitrogens with zero attached hydrogens (tertiary/aromatic N) is 3. The summed E-state index contributed by atoms with van der Waals surface area (Å²) in [6.07, 6.45) is 2.80. The molecule has 0 radical (unpaired) electrons. The maximum absolute atomic E-state index is 12.0. The normalized spacial score (nSPS) is 12.3. The van der Waals surface area contributed by atoms with E-state index in [4.69, 9.17) is 0 Å². The zero-order chi connectivity index (χ0) is 14.2. The predicted octanol–water partition coefficient (Wildman–Crippen LogP) is 2.55. The fraction of sp³-hybridized carbons (Fsp3) is 0.615. The molecule has 0 aliphatic carbocycles. The van der Waals surface area contributed by atoms with Crippen molar-refractivity contribution in [3.05, 3.63) is 16.3 Å². The highest BCUT2D eigenvalue weighted by Gasteiger charge is 2.21. The molecule has 2 rings (SSSR count). The van der Waals surface area contributed by atoms with Gasteiger partial charge in [-0.3, -0.25) is 4.57 Å². The van der Waals surface area contributed by atoms with Gasteiger partial charge in [0.25, 0.3) is 0 Å². The Balaban J connectivity index is 2.79. The van der Waals surface area contributed by atoms with Crippen LogP contribution in [0.1, 0.15) is 39.9 Å². The molecule has 2 heterocycles. The van der Waals surface area contributed by atoms with Gasteiger partial charge in [-0.05, 0) is 12.7 Å². The molecular weight excluding hydrogens is 260 g/mol. The summed E-state index contributed by atoms with van der Waals surface area (Å²) in [5.41, 5.74) is 1.29. The van der Waals surface area contributed by atoms with Crippen LogP contribution in [0.3, 0.4) is 0 Å². The van der Waals surface area contributed by atoms with Gasteiger partial charge in [-0.15, -0.1) is 11.8 Å². The van der Waals surface area contributed by atoms with Gasteiger partial charge in [0, 0.05) is 12.0 Å². The van der Waals surface area contributed by atoms with Crippen LogP contribution in [0, 0.1) is 0 Å². The number of aryl methyl sites for hydroxylation is 1. The highest BCUT2D eigenvalue weighted by atomic mass is 32.2. The van der Waals surface area contributed by atoms with Gasteiger partial charge in [0.05, 0.1) is 0 Å². The molecule has 0 aromatic carbocycles. The first kappa shape index (κ1) is 14.1. The van der Waals surface area contributed by atoms with Crippen LogP contribution in [0.5, 0.6) is 0 Å². The zero-order valence-corrected chi connectivity index (χ0v) is 12.9. The Labute approximate surface area is 116 Å². The first-order valence-electron chi connectivity index (χ1n) is 6.43. The molecule has 6 heteroatoms. The molecule has 0 spiro atoms. The van der Waals surface area contributed by atoms with E-state index in [0.29, 0.717) is 6.54 Å². The number of aromatic nitrogens is 4. The van der Waals surface area contributed by atoms with Gasteiger partial charge in [-0.25, -0.2) is 9.78 Å². The molecule has 5 nitrogen and oxygen atoms in total. The van der Waals surface area contributed by atoms with Crippen LogP contribution < -0.4 is 5.69 Å². The molecule has 2 aromatic rings. The number of rotatable bonds is 3. The summed E-state index contributed by atoms with van der Waals surface area (Å²) >= 11 is 1.47. The lowest BCUT2D eigenvalue weighted by molar-refractivity contribution is 0.553. The molecule has 2 aromatic heterocycles. The second-order valence-corrected chi connectivity index (χ2v) is 6.38. The maximum atomic E-state index is 12.0. The van der Waals surface area contributed by atoms with Crippen LogP contribution in [-0.4, -0.2) is 25.8 Å². The first-order chi connectivity index (χ1) is 8.88. The number of aromatic amines is 1. The highest BCUT2D eigenvalue weighted by Crippen LogP contribution is 2.26. The fourth-order valence-corrected chi connectivity index (χ4v) is 2.45. The average molecular weight is 280 g/mol. The van der Waals surface area contributed by atoms with E-state index < -0.39 is 0 Å². The molecule has 0 atom stereocenters. The summed E-state index contributed by atoms with van der Waals surface area (Å²) in [4.78, 5) is 24.1. The number of hydrogen-bond acceptors (Lipinski definition) is 4. The topological polar surface area (TPSA) is 63.6 Å². The fourth-order valence-electron chi connectivity index (χ4n) is 1.93. The van der Waals surface area contributed by atoms with Crippen LogP contribution in [0.4, 0.5) is 0 Å². The molecule has 0 aliphatic heterocycles. The summed E-state index contributed by atoms with van der Waals surface area (Å²) < 4.78 is 1.65. The Morgan fingerprint density at radius 2 is 2.00 bits per heavy atom. The van der Waals surface area contributed by atoms with E-state index in [-0.39, 0.29) is 11.1 Å². The quantitative estimate of drug-likeness (QED) is 0.693. The number of hydrogen-bond donors (Lipinski definition) is 1. The lowest BCUT2D eigenvalue weighted by Crippen LogP contribution is -2.24. The summed E-state index contributed by atoms with van der Waals surface area (Å²) in [7, 11) is 0. The smallest absolute Gasteiger partial charge is 0.338 e. The number of thioether (sulfide) groups is 1. The molecule has 0 unspecified atom stereocenters. The first-order valence-corrected chi connectivity index (χ1v) is 7.66. The molecule has 0 saturated carbocycles. The minimum Gasteiger partial charge on any atom is -0.338 e. The molecule has 104 valence electrons. The van der Waals surface area contributed by atoms with E-state index >= 15 is 0 Å². The van der Waals surface area contributed by atoms with Crippen molar-refractivity contribution >= 4 is 22.9 Å². The third-order valence-electron chi connectivity index (χ3n) is 2.93. The van der Waals surface area contributed by atoms with Gasteiger partial charge < -0.3 is 4.98 Å². The molecule has 0 amide bonds. The van der Waals surface area contributed by atoms with Crippen molar-refractivity contribution in [2.24, 2.45) is 0 Å². The van der Waals surface area contributed by atoms with Crippen molar-refractivity contribution in [2.75, 3.05) is 6.26 Å². The van der Waals surface area contributed by atoms with Gasteiger partial charge in [-0.2, -0.15) is 4.98 Å². The number of nitrogens with one attached hydrogen (secondary N) is 1. The van der Waals surface area contributed by atoms with Crippen LogP contribution in [0.15, 0.2) is 9.82 Å². The van der Waals surface area contributed by atoms with E-state index in [1.807, 2.05) is 13.2 Å². The summed E-state index contributed by atoms with van der Waals surface area (Å²) in [5, 5.41) is 0.718. The molecule has 0 fully saturated rings. The van der Waals surface area contributed by atoms with E-state index in [9.17, 15) is 4.79 Å². The standard InChI is InChI=1S/C13H20N4OS/c1-6-7-17-9-8(10(19-5)16-12(17)18)14-11(15-9)13(2,3)4/h6-7H2,1-5H3,(H,14,15). The minimum atomic E-state index is -0.217. The largest absolute Gasteiger partial charge is 0.350 e. The second kappa shape index (κ2) is 5.00. The van der Waals surface area contributed by atoms with Gasteiger partial charge in [0.2, 0.25) is 0 Å². The second-order valence-electron chi connectivity index (χ2n) is 5.59. The van der Waals surface area contributed by atoms with Crippen molar-refractivity contribution < 1.29 is 0 Å². The van der Waals surface area contributed by atoms with Crippen molar-refractivity contribution in [3.8, 4) is 0 Å². The minimum absolute atomic E-state index is 0.0816. The van der Waals surface area contributed by atoms with Gasteiger partial charge in [0.1, 0.15) is 16.4 Å². The van der Waals surface area contributed by atoms with Crippen LogP contribution >= 0.6 is 11.8 Å². The van der Waals surface area contributed by atoms with Crippen molar-refractivity contribution in [3.63, 3.8) is 0 Å². The van der Waals surface area contributed by atoms with Gasteiger partial charge in [-0.1, -0.05) is 27.7 Å². The summed E-state index contributed by atoms with van der Waals surface area (Å²) in [6.45, 7) is 8.97. The Morgan fingerprint density at radius 1 is 1.32 bits per heavy atom. The molecular formula is C13H20N4OS. The number of H-pyrrole nitrogens is 1. The summed E-state index contributed by atoms with van der Waals surface area (Å²) in [5.74, 6) is 0.884. The molecule has 0 bridgehead atoms. The number of imidazole rings is 1. The monoisotopic (exact) mass is 280 g/mol. The van der Waals surface area contributed by atoms with E-state index in [2.05, 4.69) is 35.7 Å². The highest BCUT2D eigenvalue weighted by molar-refractivity contribution is 7.98. The lowest BCUT2D eigenvalue weighted by atomic mass is 9.96. The molecule has 1 N–H and O–H groups in total. The average Bonchev–Trinajstić information content (AvgIpc) is 2.77. The van der Waals surface area contributed by atoms with Crippen LogP contribution in [-0.2, 0) is 12.0 Å². The van der Waals surface area contributed by atoms with Gasteiger partial charge >= 0.3 is 5.69 Å². The Bertz CT molecular complexity index is 651. The van der Waals surface area contributed by atoms with E-state index in [1.165, 1.54) is 11.8 Å². The Kier molecular flexibility index (Phi) is 3.71. The van der Waals surface area contributed by atoms with Crippen molar-refractivity contribution in [2.45, 2.75) is 51.1 Å². The van der Waals surface area contributed by atoms with Gasteiger partial charge in [0.15, 0.2) is 5.65 Å². The van der Waals surface area contributed by atoms with E-state index in [1.54, 1.807) is 4.57 Å². The SMILES string of the molecule is CCCn1c(=O)nc(SC)c2[nH]c(C(C)(C)C)nc21.